The normalized spacial score (nSPS) is 25.0. The average molecular weight is 249 g/mol. The first-order valence-electron chi connectivity index (χ1n) is 7.52. The minimum absolute atomic E-state index is 0.680. The van der Waals surface area contributed by atoms with Crippen molar-refractivity contribution in [2.75, 3.05) is 7.05 Å². The standard InChI is InChI=1S/C15H27N3/c1-3-10-18-11-9-17-15(18)12-13-7-5-4-6-8-14(13)16-2/h9,11,13-14,16H,3-8,10,12H2,1-2H3. The van der Waals surface area contributed by atoms with Crippen molar-refractivity contribution in [3.8, 4) is 0 Å². The summed E-state index contributed by atoms with van der Waals surface area (Å²) in [5, 5.41) is 3.52. The van der Waals surface area contributed by atoms with Gasteiger partial charge in [0.05, 0.1) is 0 Å². The van der Waals surface area contributed by atoms with E-state index in [9.17, 15) is 0 Å². The van der Waals surface area contributed by atoms with Gasteiger partial charge >= 0.3 is 0 Å². The number of hydrogen-bond acceptors (Lipinski definition) is 2. The Morgan fingerprint density at radius 1 is 1.33 bits per heavy atom. The van der Waals surface area contributed by atoms with Crippen molar-refractivity contribution in [1.82, 2.24) is 14.9 Å². The lowest BCUT2D eigenvalue weighted by Gasteiger charge is -2.24. The Hall–Kier alpha value is -0.830. The summed E-state index contributed by atoms with van der Waals surface area (Å²) in [6, 6.07) is 0.680. The summed E-state index contributed by atoms with van der Waals surface area (Å²) in [6.45, 7) is 3.33. The van der Waals surface area contributed by atoms with Crippen LogP contribution < -0.4 is 5.32 Å². The molecule has 0 saturated heterocycles. The predicted octanol–water partition coefficient (Wildman–Crippen LogP) is 3.00. The van der Waals surface area contributed by atoms with Gasteiger partial charge in [-0.15, -0.1) is 0 Å². The fourth-order valence-corrected chi connectivity index (χ4v) is 3.22. The molecule has 0 aliphatic heterocycles. The molecule has 0 bridgehead atoms. The summed E-state index contributed by atoms with van der Waals surface area (Å²) in [5.41, 5.74) is 0. The summed E-state index contributed by atoms with van der Waals surface area (Å²) >= 11 is 0. The third-order valence-corrected chi connectivity index (χ3v) is 4.24. The van der Waals surface area contributed by atoms with E-state index in [1.54, 1.807) is 0 Å². The monoisotopic (exact) mass is 249 g/mol. The number of aromatic nitrogens is 2. The molecular formula is C15H27N3. The van der Waals surface area contributed by atoms with Crippen LogP contribution in [0, 0.1) is 5.92 Å². The van der Waals surface area contributed by atoms with E-state index in [1.165, 1.54) is 44.3 Å². The average Bonchev–Trinajstić information content (AvgIpc) is 2.68. The van der Waals surface area contributed by atoms with Crippen LogP contribution in [0.25, 0.3) is 0 Å². The second-order valence-corrected chi connectivity index (χ2v) is 5.53. The molecule has 2 rings (SSSR count). The third-order valence-electron chi connectivity index (χ3n) is 4.24. The summed E-state index contributed by atoms with van der Waals surface area (Å²) in [6.07, 6.45) is 13.3. The van der Waals surface area contributed by atoms with Gasteiger partial charge in [-0.05, 0) is 32.2 Å². The van der Waals surface area contributed by atoms with Crippen LogP contribution in [0.1, 0.15) is 51.3 Å². The summed E-state index contributed by atoms with van der Waals surface area (Å²) in [7, 11) is 2.11. The van der Waals surface area contributed by atoms with Gasteiger partial charge < -0.3 is 9.88 Å². The highest BCUT2D eigenvalue weighted by molar-refractivity contribution is 4.96. The highest BCUT2D eigenvalue weighted by Gasteiger charge is 2.23. The molecule has 18 heavy (non-hydrogen) atoms. The van der Waals surface area contributed by atoms with Gasteiger partial charge in [0, 0.05) is 31.4 Å². The van der Waals surface area contributed by atoms with E-state index in [4.69, 9.17) is 0 Å². The third kappa shape index (κ3) is 3.35. The lowest BCUT2D eigenvalue weighted by molar-refractivity contribution is 0.341. The SMILES string of the molecule is CCCn1ccnc1CC1CCCCCC1NC. The Kier molecular flexibility index (Phi) is 5.24. The van der Waals surface area contributed by atoms with E-state index >= 15 is 0 Å². The Morgan fingerprint density at radius 3 is 2.94 bits per heavy atom. The van der Waals surface area contributed by atoms with Gasteiger partial charge in [0.15, 0.2) is 0 Å². The van der Waals surface area contributed by atoms with Crippen LogP contribution in [0.3, 0.4) is 0 Å². The van der Waals surface area contributed by atoms with Crippen LogP contribution in [0.15, 0.2) is 12.4 Å². The summed E-state index contributed by atoms with van der Waals surface area (Å²) < 4.78 is 2.33. The zero-order chi connectivity index (χ0) is 12.8. The highest BCUT2D eigenvalue weighted by atomic mass is 15.1. The van der Waals surface area contributed by atoms with Gasteiger partial charge in [0.1, 0.15) is 5.82 Å². The second-order valence-electron chi connectivity index (χ2n) is 5.53. The minimum Gasteiger partial charge on any atom is -0.335 e. The number of rotatable bonds is 5. The van der Waals surface area contributed by atoms with E-state index in [-0.39, 0.29) is 0 Å². The smallest absolute Gasteiger partial charge is 0.108 e. The van der Waals surface area contributed by atoms with Crippen LogP contribution >= 0.6 is 0 Å². The molecule has 1 N–H and O–H groups in total. The molecular weight excluding hydrogens is 222 g/mol. The van der Waals surface area contributed by atoms with Crippen molar-refractivity contribution >= 4 is 0 Å². The lowest BCUT2D eigenvalue weighted by atomic mass is 9.91. The molecule has 1 aliphatic rings. The Morgan fingerprint density at radius 2 is 2.17 bits per heavy atom. The van der Waals surface area contributed by atoms with E-state index in [2.05, 4.69) is 35.0 Å². The first kappa shape index (κ1) is 13.6. The fourth-order valence-electron chi connectivity index (χ4n) is 3.22. The van der Waals surface area contributed by atoms with Gasteiger partial charge in [-0.25, -0.2) is 4.98 Å². The molecule has 3 nitrogen and oxygen atoms in total. The van der Waals surface area contributed by atoms with Crippen LogP contribution in [-0.2, 0) is 13.0 Å². The molecule has 1 fully saturated rings. The topological polar surface area (TPSA) is 29.9 Å². The number of aryl methyl sites for hydroxylation is 1. The molecule has 1 aromatic heterocycles. The van der Waals surface area contributed by atoms with Gasteiger partial charge in [-0.1, -0.05) is 26.2 Å². The van der Waals surface area contributed by atoms with Crippen molar-refractivity contribution in [1.29, 1.82) is 0 Å². The zero-order valence-corrected chi connectivity index (χ0v) is 11.9. The highest BCUT2D eigenvalue weighted by Crippen LogP contribution is 2.26. The molecule has 0 spiro atoms. The van der Waals surface area contributed by atoms with E-state index < -0.39 is 0 Å². The zero-order valence-electron chi connectivity index (χ0n) is 11.9. The van der Waals surface area contributed by atoms with Crippen molar-refractivity contribution in [3.05, 3.63) is 18.2 Å². The molecule has 2 unspecified atom stereocenters. The molecule has 0 aromatic carbocycles. The number of nitrogens with one attached hydrogen (secondary N) is 1. The molecule has 1 heterocycles. The van der Waals surface area contributed by atoms with E-state index in [0.29, 0.717) is 6.04 Å². The summed E-state index contributed by atoms with van der Waals surface area (Å²) in [5.74, 6) is 2.04. The molecule has 0 radical (unpaired) electrons. The molecule has 2 atom stereocenters. The molecule has 3 heteroatoms. The Labute approximate surface area is 111 Å². The molecule has 102 valence electrons. The van der Waals surface area contributed by atoms with Crippen molar-refractivity contribution < 1.29 is 0 Å². The maximum Gasteiger partial charge on any atom is 0.108 e. The fraction of sp³-hybridized carbons (Fsp3) is 0.800. The first-order valence-corrected chi connectivity index (χ1v) is 7.52. The quantitative estimate of drug-likeness (QED) is 0.813. The maximum absolute atomic E-state index is 4.56. The largest absolute Gasteiger partial charge is 0.335 e. The molecule has 0 amide bonds. The van der Waals surface area contributed by atoms with E-state index in [0.717, 1.165) is 18.9 Å². The summed E-state index contributed by atoms with van der Waals surface area (Å²) in [4.78, 5) is 4.56. The van der Waals surface area contributed by atoms with Crippen molar-refractivity contribution in [3.63, 3.8) is 0 Å². The van der Waals surface area contributed by atoms with Crippen LogP contribution in [-0.4, -0.2) is 22.6 Å². The van der Waals surface area contributed by atoms with Crippen LogP contribution in [0.2, 0.25) is 0 Å². The molecule has 1 aromatic rings. The van der Waals surface area contributed by atoms with Gasteiger partial charge in [-0.3, -0.25) is 0 Å². The minimum atomic E-state index is 0.680. The van der Waals surface area contributed by atoms with Crippen molar-refractivity contribution in [2.24, 2.45) is 5.92 Å². The predicted molar refractivity (Wildman–Crippen MR) is 75.6 cm³/mol. The van der Waals surface area contributed by atoms with Crippen molar-refractivity contribution in [2.45, 2.75) is 64.5 Å². The molecule has 1 saturated carbocycles. The maximum atomic E-state index is 4.56. The lowest BCUT2D eigenvalue weighted by Crippen LogP contribution is -2.34. The molecule has 1 aliphatic carbocycles. The first-order chi connectivity index (χ1) is 8.85. The van der Waals surface area contributed by atoms with Gasteiger partial charge in [0.25, 0.3) is 0 Å². The number of imidazole rings is 1. The Balaban J connectivity index is 2.03. The van der Waals surface area contributed by atoms with Crippen LogP contribution in [0.5, 0.6) is 0 Å². The second kappa shape index (κ2) is 6.93. The van der Waals surface area contributed by atoms with E-state index in [1.807, 2.05) is 6.20 Å². The number of hydrogen-bond donors (Lipinski definition) is 1. The number of nitrogens with zero attached hydrogens (tertiary/aromatic N) is 2. The van der Waals surface area contributed by atoms with Gasteiger partial charge in [0.2, 0.25) is 0 Å². The van der Waals surface area contributed by atoms with Gasteiger partial charge in [-0.2, -0.15) is 0 Å². The van der Waals surface area contributed by atoms with Crippen LogP contribution in [0.4, 0.5) is 0 Å². The Bertz CT molecular complexity index is 345.